The van der Waals surface area contributed by atoms with Crippen molar-refractivity contribution < 1.29 is 14.3 Å². The van der Waals surface area contributed by atoms with Crippen LogP contribution in [0, 0.1) is 11.3 Å². The van der Waals surface area contributed by atoms with Gasteiger partial charge in [-0.1, -0.05) is 45.4 Å². The molecule has 0 saturated heterocycles. The summed E-state index contributed by atoms with van der Waals surface area (Å²) in [7, 11) is 0. The van der Waals surface area contributed by atoms with Crippen molar-refractivity contribution in [1.29, 1.82) is 0 Å². The maximum absolute atomic E-state index is 13.8. The van der Waals surface area contributed by atoms with Crippen molar-refractivity contribution in [1.82, 2.24) is 4.98 Å². The molecule has 0 spiro atoms. The molecule has 0 fully saturated rings. The molecule has 6 nitrogen and oxygen atoms in total. The summed E-state index contributed by atoms with van der Waals surface area (Å²) in [4.78, 5) is 32.4. The zero-order chi connectivity index (χ0) is 28.6. The van der Waals surface area contributed by atoms with Gasteiger partial charge in [-0.15, -0.1) is 11.3 Å². The molecule has 3 N–H and O–H groups in total. The van der Waals surface area contributed by atoms with Crippen LogP contribution in [0.3, 0.4) is 0 Å². The molecule has 0 radical (unpaired) electrons. The molecule has 208 valence electrons. The summed E-state index contributed by atoms with van der Waals surface area (Å²) in [6.07, 6.45) is 3.88. The van der Waals surface area contributed by atoms with Crippen LogP contribution in [-0.4, -0.2) is 22.9 Å². The molecule has 1 aliphatic rings. The Morgan fingerprint density at radius 2 is 1.88 bits per heavy atom. The molecule has 40 heavy (non-hydrogen) atoms. The molecule has 2 amide bonds. The lowest BCUT2D eigenvalue weighted by Gasteiger charge is -2.36. The summed E-state index contributed by atoms with van der Waals surface area (Å²) in [6.45, 7) is 10.8. The van der Waals surface area contributed by atoms with Gasteiger partial charge in [-0.25, -0.2) is 4.98 Å². The van der Waals surface area contributed by atoms with Crippen LogP contribution in [0.2, 0.25) is 0 Å². The molecule has 2 heterocycles. The number of thiophene rings is 1. The number of ether oxygens (including phenoxy) is 1. The van der Waals surface area contributed by atoms with Gasteiger partial charge in [0, 0.05) is 15.8 Å². The van der Waals surface area contributed by atoms with Gasteiger partial charge in [-0.05, 0) is 86.4 Å². The van der Waals surface area contributed by atoms with Crippen molar-refractivity contribution >= 4 is 39.1 Å². The second kappa shape index (κ2) is 11.0. The minimum atomic E-state index is -0.495. The van der Waals surface area contributed by atoms with E-state index in [1.54, 1.807) is 0 Å². The minimum absolute atomic E-state index is 0.0807. The third kappa shape index (κ3) is 5.48. The largest absolute Gasteiger partial charge is 0.491 e. The molecule has 0 aliphatic heterocycles. The Hall–Kier alpha value is -3.71. The normalized spacial score (nSPS) is 15.2. The number of fused-ring (bicyclic) bond motifs is 2. The number of anilines is 1. The van der Waals surface area contributed by atoms with E-state index in [-0.39, 0.29) is 17.4 Å². The zero-order valence-corrected chi connectivity index (χ0v) is 24.7. The van der Waals surface area contributed by atoms with E-state index in [4.69, 9.17) is 15.5 Å². The van der Waals surface area contributed by atoms with Gasteiger partial charge in [0.25, 0.3) is 11.8 Å². The molecular weight excluding hydrogens is 518 g/mol. The van der Waals surface area contributed by atoms with Gasteiger partial charge in [0.05, 0.1) is 28.4 Å². The third-order valence-corrected chi connectivity index (χ3v) is 9.41. The van der Waals surface area contributed by atoms with E-state index in [1.165, 1.54) is 11.3 Å². The van der Waals surface area contributed by atoms with Crippen LogP contribution in [-0.2, 0) is 12.8 Å². The average Bonchev–Trinajstić information content (AvgIpc) is 3.29. The standard InChI is InChI=1S/C33H37N3O3S/c1-6-33(4,5)21-13-16-24-28(17-21)40-32(29(24)30(34)37)36-31(38)25-18-27(35-26-10-8-7-9-23(25)26)20-11-14-22(15-12-20)39-19(2)3/h7-12,14-15,18-19,21H,6,13,16-17H2,1-5H3,(H2,34,37)(H,36,38). The topological polar surface area (TPSA) is 94.3 Å². The summed E-state index contributed by atoms with van der Waals surface area (Å²) in [5.41, 5.74) is 10.3. The molecule has 4 aromatic rings. The van der Waals surface area contributed by atoms with Gasteiger partial charge in [0.15, 0.2) is 0 Å². The van der Waals surface area contributed by atoms with Crippen LogP contribution in [0.5, 0.6) is 5.75 Å². The molecule has 7 heteroatoms. The summed E-state index contributed by atoms with van der Waals surface area (Å²) in [5, 5.41) is 4.35. The van der Waals surface area contributed by atoms with Crippen molar-refractivity contribution in [2.75, 3.05) is 5.32 Å². The van der Waals surface area contributed by atoms with Crippen LogP contribution in [0.4, 0.5) is 5.00 Å². The number of amides is 2. The molecule has 0 saturated carbocycles. The Morgan fingerprint density at radius 1 is 1.15 bits per heavy atom. The number of carbonyl (C=O) groups excluding carboxylic acids is 2. The van der Waals surface area contributed by atoms with Crippen molar-refractivity contribution in [3.8, 4) is 17.0 Å². The Balaban J connectivity index is 1.50. The predicted octanol–water partition coefficient (Wildman–Crippen LogP) is 7.64. The maximum Gasteiger partial charge on any atom is 0.257 e. The van der Waals surface area contributed by atoms with E-state index >= 15 is 0 Å². The molecule has 2 aromatic carbocycles. The van der Waals surface area contributed by atoms with Crippen LogP contribution in [0.1, 0.15) is 78.6 Å². The van der Waals surface area contributed by atoms with Gasteiger partial charge in [-0.3, -0.25) is 9.59 Å². The number of benzene rings is 2. The Labute approximate surface area is 240 Å². The summed E-state index contributed by atoms with van der Waals surface area (Å²) in [6, 6.07) is 17.1. The lowest BCUT2D eigenvalue weighted by molar-refractivity contribution is 0.0999. The molecule has 0 bridgehead atoms. The first-order valence-corrected chi connectivity index (χ1v) is 14.8. The van der Waals surface area contributed by atoms with Crippen LogP contribution >= 0.6 is 11.3 Å². The number of nitrogens with one attached hydrogen (secondary N) is 1. The number of rotatable bonds is 8. The first-order chi connectivity index (χ1) is 19.1. The maximum atomic E-state index is 13.8. The van der Waals surface area contributed by atoms with Gasteiger partial charge in [0.2, 0.25) is 0 Å². The van der Waals surface area contributed by atoms with Crippen molar-refractivity contribution in [3.63, 3.8) is 0 Å². The number of carbonyl (C=O) groups is 2. The van der Waals surface area contributed by atoms with E-state index in [0.29, 0.717) is 27.7 Å². The quantitative estimate of drug-likeness (QED) is 0.234. The lowest BCUT2D eigenvalue weighted by Crippen LogP contribution is -2.29. The average molecular weight is 556 g/mol. The molecule has 1 unspecified atom stereocenters. The third-order valence-electron chi connectivity index (χ3n) is 8.24. The van der Waals surface area contributed by atoms with Crippen molar-refractivity contribution in [2.45, 2.75) is 66.4 Å². The molecule has 1 atom stereocenters. The Morgan fingerprint density at radius 3 is 2.55 bits per heavy atom. The van der Waals surface area contributed by atoms with E-state index in [2.05, 4.69) is 26.1 Å². The Bertz CT molecular complexity index is 1570. The van der Waals surface area contributed by atoms with Crippen molar-refractivity contribution in [2.24, 2.45) is 17.1 Å². The highest BCUT2D eigenvalue weighted by Gasteiger charge is 2.35. The van der Waals surface area contributed by atoms with E-state index in [1.807, 2.05) is 68.4 Å². The minimum Gasteiger partial charge on any atom is -0.491 e. The highest BCUT2D eigenvalue weighted by molar-refractivity contribution is 7.17. The molecule has 5 rings (SSSR count). The van der Waals surface area contributed by atoms with Gasteiger partial charge in [-0.2, -0.15) is 0 Å². The fraction of sp³-hybridized carbons (Fsp3) is 0.364. The highest BCUT2D eigenvalue weighted by Crippen LogP contribution is 2.45. The van der Waals surface area contributed by atoms with E-state index < -0.39 is 5.91 Å². The van der Waals surface area contributed by atoms with Crippen LogP contribution in [0.15, 0.2) is 54.6 Å². The van der Waals surface area contributed by atoms with E-state index in [0.717, 1.165) is 58.3 Å². The molecular formula is C33H37N3O3S. The van der Waals surface area contributed by atoms with Gasteiger partial charge >= 0.3 is 0 Å². The molecule has 1 aliphatic carbocycles. The number of aromatic nitrogens is 1. The summed E-state index contributed by atoms with van der Waals surface area (Å²) >= 11 is 1.49. The lowest BCUT2D eigenvalue weighted by atomic mass is 9.69. The number of nitrogens with two attached hydrogens (primary N) is 1. The zero-order valence-electron chi connectivity index (χ0n) is 23.8. The van der Waals surface area contributed by atoms with Gasteiger partial charge in [0.1, 0.15) is 10.8 Å². The highest BCUT2D eigenvalue weighted by atomic mass is 32.1. The van der Waals surface area contributed by atoms with Crippen LogP contribution in [0.25, 0.3) is 22.2 Å². The first-order valence-electron chi connectivity index (χ1n) is 14.0. The number of nitrogens with zero attached hydrogens (tertiary/aromatic N) is 1. The SMILES string of the molecule is CCC(C)(C)C1CCc2c(sc(NC(=O)c3cc(-c4ccc(OC(C)C)cc4)nc4ccccc34)c2C(N)=O)C1. The molecule has 2 aromatic heterocycles. The van der Waals surface area contributed by atoms with Gasteiger partial charge < -0.3 is 15.8 Å². The monoisotopic (exact) mass is 555 g/mol. The fourth-order valence-corrected chi connectivity index (χ4v) is 6.88. The fourth-order valence-electron chi connectivity index (χ4n) is 5.55. The smallest absolute Gasteiger partial charge is 0.257 e. The number of hydrogen-bond acceptors (Lipinski definition) is 5. The van der Waals surface area contributed by atoms with Crippen molar-refractivity contribution in [3.05, 3.63) is 76.2 Å². The first kappa shape index (κ1) is 27.8. The number of primary amides is 1. The Kier molecular flexibility index (Phi) is 7.69. The summed E-state index contributed by atoms with van der Waals surface area (Å²) in [5.74, 6) is 0.524. The predicted molar refractivity (Wildman–Crippen MR) is 163 cm³/mol. The summed E-state index contributed by atoms with van der Waals surface area (Å²) < 4.78 is 5.78. The van der Waals surface area contributed by atoms with E-state index in [9.17, 15) is 9.59 Å². The van der Waals surface area contributed by atoms with Crippen LogP contribution < -0.4 is 15.8 Å². The second-order valence-corrected chi connectivity index (χ2v) is 12.7. The second-order valence-electron chi connectivity index (χ2n) is 11.6. The number of para-hydroxylation sites is 1. The number of pyridine rings is 1. The number of hydrogen-bond donors (Lipinski definition) is 2.